The van der Waals surface area contributed by atoms with Crippen molar-refractivity contribution in [1.29, 1.82) is 5.26 Å². The highest BCUT2D eigenvalue weighted by molar-refractivity contribution is 6.39. The lowest BCUT2D eigenvalue weighted by Crippen LogP contribution is -2.36. The Morgan fingerprint density at radius 3 is 2.48 bits per heavy atom. The molecule has 1 rings (SSSR count). The average Bonchev–Trinajstić information content (AvgIpc) is 2.47. The molecule has 0 aromatic heterocycles. The lowest BCUT2D eigenvalue weighted by Gasteiger charge is -2.08. The smallest absolute Gasteiger partial charge is 0.313 e. The van der Waals surface area contributed by atoms with Crippen LogP contribution >= 0.6 is 0 Å². The summed E-state index contributed by atoms with van der Waals surface area (Å²) < 4.78 is 5.32. The number of rotatable bonds is 6. The third-order valence-electron chi connectivity index (χ3n) is 2.54. The summed E-state index contributed by atoms with van der Waals surface area (Å²) in [4.78, 5) is 23.2. The van der Waals surface area contributed by atoms with Gasteiger partial charge < -0.3 is 15.4 Å². The summed E-state index contributed by atoms with van der Waals surface area (Å²) >= 11 is 0. The van der Waals surface area contributed by atoms with Crippen LogP contribution in [-0.2, 0) is 14.3 Å². The number of hydrogen-bond donors (Lipinski definition) is 2. The van der Waals surface area contributed by atoms with Crippen molar-refractivity contribution in [1.82, 2.24) is 5.32 Å². The molecule has 6 nitrogen and oxygen atoms in total. The Bertz CT molecular complexity index is 518. The van der Waals surface area contributed by atoms with E-state index in [0.29, 0.717) is 30.8 Å². The topological polar surface area (TPSA) is 91.2 Å². The highest BCUT2D eigenvalue weighted by Gasteiger charge is 2.12. The lowest BCUT2D eigenvalue weighted by molar-refractivity contribution is -0.136. The molecular formula is C15H19N3O3. The molecule has 1 aromatic carbocycles. The summed E-state index contributed by atoms with van der Waals surface area (Å²) in [6, 6.07) is 8.25. The number of anilines is 1. The zero-order chi connectivity index (χ0) is 15.7. The van der Waals surface area contributed by atoms with E-state index in [1.807, 2.05) is 19.9 Å². The minimum absolute atomic E-state index is 0.153. The van der Waals surface area contributed by atoms with Gasteiger partial charge in [0.2, 0.25) is 0 Å². The molecule has 0 saturated heterocycles. The minimum atomic E-state index is -0.732. The van der Waals surface area contributed by atoms with Gasteiger partial charge in [0.15, 0.2) is 0 Å². The van der Waals surface area contributed by atoms with Crippen LogP contribution in [0.2, 0.25) is 0 Å². The SMILES string of the molecule is CC(C)OCCCNC(=O)C(=O)Nc1ccc(C#N)cc1. The Kier molecular flexibility index (Phi) is 6.92. The van der Waals surface area contributed by atoms with Gasteiger partial charge in [-0.3, -0.25) is 9.59 Å². The molecule has 0 heterocycles. The number of hydrogen-bond acceptors (Lipinski definition) is 4. The molecule has 0 unspecified atom stereocenters. The third-order valence-corrected chi connectivity index (χ3v) is 2.54. The van der Waals surface area contributed by atoms with Crippen LogP contribution in [0.5, 0.6) is 0 Å². The van der Waals surface area contributed by atoms with Crippen molar-refractivity contribution >= 4 is 17.5 Å². The largest absolute Gasteiger partial charge is 0.379 e. The van der Waals surface area contributed by atoms with E-state index in [1.165, 1.54) is 0 Å². The number of nitrogens with one attached hydrogen (secondary N) is 2. The standard InChI is InChI=1S/C15H19N3O3/c1-11(2)21-9-3-8-17-14(19)15(20)18-13-6-4-12(10-16)5-7-13/h4-7,11H,3,8-9H2,1-2H3,(H,17,19)(H,18,20). The van der Waals surface area contributed by atoms with Crippen LogP contribution < -0.4 is 10.6 Å². The summed E-state index contributed by atoms with van der Waals surface area (Å²) in [7, 11) is 0. The molecule has 2 amide bonds. The van der Waals surface area contributed by atoms with E-state index in [0.717, 1.165) is 0 Å². The number of amides is 2. The molecule has 112 valence electrons. The Morgan fingerprint density at radius 2 is 1.90 bits per heavy atom. The number of benzene rings is 1. The average molecular weight is 289 g/mol. The van der Waals surface area contributed by atoms with E-state index in [4.69, 9.17) is 10.00 Å². The first kappa shape index (κ1) is 16.7. The predicted octanol–water partition coefficient (Wildman–Crippen LogP) is 1.43. The first-order chi connectivity index (χ1) is 10.0. The maximum absolute atomic E-state index is 11.6. The quantitative estimate of drug-likeness (QED) is 0.612. The van der Waals surface area contributed by atoms with Gasteiger partial charge in [-0.1, -0.05) is 0 Å². The molecule has 0 radical (unpaired) electrons. The molecule has 0 aliphatic carbocycles. The van der Waals surface area contributed by atoms with Crippen LogP contribution in [0, 0.1) is 11.3 Å². The van der Waals surface area contributed by atoms with Gasteiger partial charge in [-0.2, -0.15) is 5.26 Å². The minimum Gasteiger partial charge on any atom is -0.379 e. The fraction of sp³-hybridized carbons (Fsp3) is 0.400. The summed E-state index contributed by atoms with van der Waals surface area (Å²) in [5.74, 6) is -1.42. The van der Waals surface area contributed by atoms with Crippen molar-refractivity contribution in [2.24, 2.45) is 0 Å². The second kappa shape index (κ2) is 8.72. The first-order valence-corrected chi connectivity index (χ1v) is 6.74. The van der Waals surface area contributed by atoms with E-state index in [1.54, 1.807) is 24.3 Å². The lowest BCUT2D eigenvalue weighted by atomic mass is 10.2. The highest BCUT2D eigenvalue weighted by Crippen LogP contribution is 2.08. The molecule has 0 spiro atoms. The van der Waals surface area contributed by atoms with Crippen LogP contribution in [-0.4, -0.2) is 31.1 Å². The molecule has 0 aliphatic heterocycles. The Morgan fingerprint density at radius 1 is 1.24 bits per heavy atom. The molecule has 2 N–H and O–H groups in total. The molecule has 0 bridgehead atoms. The fourth-order valence-corrected chi connectivity index (χ4v) is 1.49. The first-order valence-electron chi connectivity index (χ1n) is 6.74. The Balaban J connectivity index is 2.30. The van der Waals surface area contributed by atoms with Crippen LogP contribution in [0.1, 0.15) is 25.8 Å². The van der Waals surface area contributed by atoms with Gasteiger partial charge in [0.05, 0.1) is 17.7 Å². The van der Waals surface area contributed by atoms with Crippen molar-refractivity contribution in [3.05, 3.63) is 29.8 Å². The maximum atomic E-state index is 11.6. The van der Waals surface area contributed by atoms with Crippen LogP contribution in [0.25, 0.3) is 0 Å². The van der Waals surface area contributed by atoms with E-state index in [9.17, 15) is 9.59 Å². The van der Waals surface area contributed by atoms with Gasteiger partial charge in [-0.15, -0.1) is 0 Å². The van der Waals surface area contributed by atoms with Gasteiger partial charge in [0.25, 0.3) is 0 Å². The number of nitriles is 1. The molecule has 1 aromatic rings. The summed E-state index contributed by atoms with van der Waals surface area (Å²) in [6.45, 7) is 4.79. The second-order valence-corrected chi connectivity index (χ2v) is 4.67. The number of carbonyl (C=O) groups is 2. The Hall–Kier alpha value is -2.39. The molecule has 6 heteroatoms. The van der Waals surface area contributed by atoms with Crippen molar-refractivity contribution < 1.29 is 14.3 Å². The molecule has 0 atom stereocenters. The zero-order valence-corrected chi connectivity index (χ0v) is 12.2. The molecule has 0 aliphatic rings. The number of nitrogens with zero attached hydrogens (tertiary/aromatic N) is 1. The van der Waals surface area contributed by atoms with Crippen LogP contribution in [0.4, 0.5) is 5.69 Å². The van der Waals surface area contributed by atoms with Crippen LogP contribution in [0.3, 0.4) is 0 Å². The van der Waals surface area contributed by atoms with Gasteiger partial charge in [0, 0.05) is 18.8 Å². The molecule has 0 saturated carbocycles. The van der Waals surface area contributed by atoms with Gasteiger partial charge in [-0.25, -0.2) is 0 Å². The van der Waals surface area contributed by atoms with Gasteiger partial charge in [0.1, 0.15) is 0 Å². The summed E-state index contributed by atoms with van der Waals surface area (Å²) in [5.41, 5.74) is 0.958. The Labute approximate surface area is 124 Å². The van der Waals surface area contributed by atoms with Gasteiger partial charge in [-0.05, 0) is 44.5 Å². The van der Waals surface area contributed by atoms with E-state index >= 15 is 0 Å². The summed E-state index contributed by atoms with van der Waals surface area (Å²) in [5, 5.41) is 13.6. The second-order valence-electron chi connectivity index (χ2n) is 4.67. The van der Waals surface area contributed by atoms with Crippen molar-refractivity contribution in [3.8, 4) is 6.07 Å². The zero-order valence-electron chi connectivity index (χ0n) is 12.2. The monoisotopic (exact) mass is 289 g/mol. The fourth-order valence-electron chi connectivity index (χ4n) is 1.49. The van der Waals surface area contributed by atoms with E-state index in [2.05, 4.69) is 10.6 Å². The number of carbonyl (C=O) groups excluding carboxylic acids is 2. The van der Waals surface area contributed by atoms with E-state index in [-0.39, 0.29) is 6.10 Å². The molecular weight excluding hydrogens is 270 g/mol. The molecule has 21 heavy (non-hydrogen) atoms. The van der Waals surface area contributed by atoms with E-state index < -0.39 is 11.8 Å². The van der Waals surface area contributed by atoms with Gasteiger partial charge >= 0.3 is 11.8 Å². The third kappa shape index (κ3) is 6.54. The normalized spacial score (nSPS) is 10.0. The maximum Gasteiger partial charge on any atom is 0.313 e. The summed E-state index contributed by atoms with van der Waals surface area (Å²) in [6.07, 6.45) is 0.800. The van der Waals surface area contributed by atoms with Crippen molar-refractivity contribution in [3.63, 3.8) is 0 Å². The molecule has 0 fully saturated rings. The predicted molar refractivity (Wildman–Crippen MR) is 78.5 cm³/mol. The van der Waals surface area contributed by atoms with Crippen molar-refractivity contribution in [2.45, 2.75) is 26.4 Å². The van der Waals surface area contributed by atoms with Crippen LogP contribution in [0.15, 0.2) is 24.3 Å². The highest BCUT2D eigenvalue weighted by atomic mass is 16.5. The number of ether oxygens (including phenoxy) is 1. The van der Waals surface area contributed by atoms with Crippen molar-refractivity contribution in [2.75, 3.05) is 18.5 Å².